The Balaban J connectivity index is 1.53. The van der Waals surface area contributed by atoms with Crippen molar-refractivity contribution in [3.8, 4) is 0 Å². The van der Waals surface area contributed by atoms with Gasteiger partial charge in [-0.25, -0.2) is 0 Å². The fourth-order valence-corrected chi connectivity index (χ4v) is 4.04. The molecule has 1 amide bonds. The molecule has 3 N–H and O–H groups in total. The second kappa shape index (κ2) is 9.63. The van der Waals surface area contributed by atoms with Gasteiger partial charge in [0, 0.05) is 22.8 Å². The Morgan fingerprint density at radius 1 is 0.903 bits per heavy atom. The summed E-state index contributed by atoms with van der Waals surface area (Å²) in [5.74, 6) is -0.00394. The van der Waals surface area contributed by atoms with E-state index in [2.05, 4.69) is 39.9 Å². The van der Waals surface area contributed by atoms with Gasteiger partial charge in [-0.2, -0.15) is 0 Å². The molecule has 0 fully saturated rings. The van der Waals surface area contributed by atoms with E-state index in [0.29, 0.717) is 6.42 Å². The Morgan fingerprint density at radius 3 is 2.39 bits per heavy atom. The van der Waals surface area contributed by atoms with Crippen LogP contribution in [0.4, 0.5) is 5.69 Å². The van der Waals surface area contributed by atoms with E-state index in [4.69, 9.17) is 0 Å². The number of hydrogen-bond acceptors (Lipinski definition) is 2. The lowest BCUT2D eigenvalue weighted by atomic mass is 10.0. The van der Waals surface area contributed by atoms with Crippen molar-refractivity contribution in [2.24, 2.45) is 0 Å². The van der Waals surface area contributed by atoms with Crippen LogP contribution in [-0.2, 0) is 17.6 Å². The van der Waals surface area contributed by atoms with Crippen LogP contribution in [0.15, 0.2) is 79.0 Å². The summed E-state index contributed by atoms with van der Waals surface area (Å²) in [6, 6.07) is 24.3. The Labute approximate surface area is 183 Å². The molecule has 4 aromatic rings. The number of carbonyl (C=O) groups excluding carboxylic acids is 1. The minimum absolute atomic E-state index is 0.00394. The van der Waals surface area contributed by atoms with Gasteiger partial charge in [0.05, 0.1) is 6.04 Å². The van der Waals surface area contributed by atoms with Gasteiger partial charge in [0.1, 0.15) is 0 Å². The zero-order valence-electron chi connectivity index (χ0n) is 18.1. The molecule has 4 heteroatoms. The SMILES string of the molecule is Cc1cccc(C)c1NC(=O)C(Cc1c[nH]c2ccccc12)NCCc1ccccc1. The number of carbonyl (C=O) groups is 1. The zero-order chi connectivity index (χ0) is 21.6. The molecule has 1 atom stereocenters. The number of nitrogens with one attached hydrogen (secondary N) is 3. The number of rotatable bonds is 8. The summed E-state index contributed by atoms with van der Waals surface area (Å²) in [5, 5.41) is 7.84. The number of benzene rings is 3. The lowest BCUT2D eigenvalue weighted by Crippen LogP contribution is -2.43. The van der Waals surface area contributed by atoms with Crippen LogP contribution in [0.5, 0.6) is 0 Å². The van der Waals surface area contributed by atoms with E-state index in [1.54, 1.807) is 0 Å². The summed E-state index contributed by atoms with van der Waals surface area (Å²) in [4.78, 5) is 16.7. The molecule has 0 spiro atoms. The Hall–Kier alpha value is -3.37. The van der Waals surface area contributed by atoms with Crippen LogP contribution in [0.3, 0.4) is 0 Å². The maximum atomic E-state index is 13.3. The number of aromatic amines is 1. The highest BCUT2D eigenvalue weighted by atomic mass is 16.2. The van der Waals surface area contributed by atoms with Crippen molar-refractivity contribution in [3.05, 3.63) is 101 Å². The van der Waals surface area contributed by atoms with Crippen LogP contribution in [0.1, 0.15) is 22.3 Å². The predicted molar refractivity (Wildman–Crippen MR) is 128 cm³/mol. The summed E-state index contributed by atoms with van der Waals surface area (Å²) >= 11 is 0. The molecule has 1 unspecified atom stereocenters. The molecule has 158 valence electrons. The summed E-state index contributed by atoms with van der Waals surface area (Å²) < 4.78 is 0. The van der Waals surface area contributed by atoms with Gasteiger partial charge in [0.25, 0.3) is 0 Å². The monoisotopic (exact) mass is 411 g/mol. The maximum absolute atomic E-state index is 13.3. The molecule has 0 aliphatic rings. The average molecular weight is 412 g/mol. The summed E-state index contributed by atoms with van der Waals surface area (Å²) in [6.07, 6.45) is 3.51. The summed E-state index contributed by atoms with van der Waals surface area (Å²) in [6.45, 7) is 4.79. The summed E-state index contributed by atoms with van der Waals surface area (Å²) in [7, 11) is 0. The number of aryl methyl sites for hydroxylation is 2. The van der Waals surface area contributed by atoms with Gasteiger partial charge < -0.3 is 15.6 Å². The average Bonchev–Trinajstić information content (AvgIpc) is 3.19. The Bertz CT molecular complexity index is 1140. The lowest BCUT2D eigenvalue weighted by Gasteiger charge is -2.20. The fourth-order valence-electron chi connectivity index (χ4n) is 4.04. The number of para-hydroxylation sites is 2. The molecule has 0 radical (unpaired) electrons. The van der Waals surface area contributed by atoms with Crippen LogP contribution in [0, 0.1) is 13.8 Å². The number of amides is 1. The molecular weight excluding hydrogens is 382 g/mol. The highest BCUT2D eigenvalue weighted by Gasteiger charge is 2.21. The van der Waals surface area contributed by atoms with Crippen molar-refractivity contribution in [2.45, 2.75) is 32.7 Å². The van der Waals surface area contributed by atoms with Crippen LogP contribution >= 0.6 is 0 Å². The molecule has 1 heterocycles. The predicted octanol–water partition coefficient (Wildman–Crippen LogP) is 5.17. The first-order chi connectivity index (χ1) is 15.1. The molecule has 0 saturated heterocycles. The van der Waals surface area contributed by atoms with E-state index >= 15 is 0 Å². The molecule has 1 aromatic heterocycles. The second-order valence-corrected chi connectivity index (χ2v) is 8.06. The van der Waals surface area contributed by atoms with Gasteiger partial charge >= 0.3 is 0 Å². The Morgan fingerprint density at radius 2 is 1.61 bits per heavy atom. The van der Waals surface area contributed by atoms with Crippen LogP contribution in [0.25, 0.3) is 10.9 Å². The molecule has 3 aromatic carbocycles. The minimum Gasteiger partial charge on any atom is -0.361 e. The van der Waals surface area contributed by atoms with Crippen molar-refractivity contribution in [3.63, 3.8) is 0 Å². The Kier molecular flexibility index (Phi) is 6.48. The van der Waals surface area contributed by atoms with Crippen molar-refractivity contribution < 1.29 is 4.79 Å². The highest BCUT2D eigenvalue weighted by molar-refractivity contribution is 5.97. The normalized spacial score (nSPS) is 12.1. The van der Waals surface area contributed by atoms with Gasteiger partial charge in [-0.1, -0.05) is 66.7 Å². The third kappa shape index (κ3) is 5.04. The number of H-pyrrole nitrogens is 1. The third-order valence-corrected chi connectivity index (χ3v) is 5.79. The quantitative estimate of drug-likeness (QED) is 0.375. The van der Waals surface area contributed by atoms with Gasteiger partial charge in [0.2, 0.25) is 5.91 Å². The first-order valence-corrected chi connectivity index (χ1v) is 10.8. The van der Waals surface area contributed by atoms with Crippen molar-refractivity contribution >= 4 is 22.5 Å². The van der Waals surface area contributed by atoms with E-state index < -0.39 is 0 Å². The van der Waals surface area contributed by atoms with Crippen LogP contribution in [0.2, 0.25) is 0 Å². The highest BCUT2D eigenvalue weighted by Crippen LogP contribution is 2.22. The maximum Gasteiger partial charge on any atom is 0.241 e. The van der Waals surface area contributed by atoms with E-state index in [0.717, 1.165) is 46.2 Å². The van der Waals surface area contributed by atoms with Gasteiger partial charge in [0.15, 0.2) is 0 Å². The third-order valence-electron chi connectivity index (χ3n) is 5.79. The molecule has 4 rings (SSSR count). The topological polar surface area (TPSA) is 56.9 Å². The molecule has 31 heavy (non-hydrogen) atoms. The lowest BCUT2D eigenvalue weighted by molar-refractivity contribution is -0.118. The second-order valence-electron chi connectivity index (χ2n) is 8.06. The van der Waals surface area contributed by atoms with E-state index in [1.807, 2.05) is 68.6 Å². The van der Waals surface area contributed by atoms with E-state index in [9.17, 15) is 4.79 Å². The van der Waals surface area contributed by atoms with Gasteiger partial charge in [-0.05, 0) is 61.6 Å². The molecule has 0 saturated carbocycles. The first-order valence-electron chi connectivity index (χ1n) is 10.8. The van der Waals surface area contributed by atoms with Crippen molar-refractivity contribution in [2.75, 3.05) is 11.9 Å². The standard InChI is InChI=1S/C27H29N3O/c1-19-9-8-10-20(2)26(19)30-27(31)25(28-16-15-21-11-4-3-5-12-21)17-22-18-29-24-14-7-6-13-23(22)24/h3-14,18,25,28-29H,15-17H2,1-2H3,(H,30,31). The largest absolute Gasteiger partial charge is 0.361 e. The van der Waals surface area contributed by atoms with Gasteiger partial charge in [-0.15, -0.1) is 0 Å². The molecule has 0 aliphatic carbocycles. The molecule has 0 bridgehead atoms. The van der Waals surface area contributed by atoms with Gasteiger partial charge in [-0.3, -0.25) is 4.79 Å². The van der Waals surface area contributed by atoms with Crippen molar-refractivity contribution in [1.29, 1.82) is 0 Å². The molecular formula is C27H29N3O. The van der Waals surface area contributed by atoms with E-state index in [1.165, 1.54) is 5.56 Å². The number of anilines is 1. The summed E-state index contributed by atoms with van der Waals surface area (Å²) in [5.41, 5.74) is 6.55. The smallest absolute Gasteiger partial charge is 0.241 e. The van der Waals surface area contributed by atoms with Crippen LogP contribution in [-0.4, -0.2) is 23.5 Å². The molecule has 0 aliphatic heterocycles. The van der Waals surface area contributed by atoms with Crippen molar-refractivity contribution in [1.82, 2.24) is 10.3 Å². The minimum atomic E-state index is -0.332. The van der Waals surface area contributed by atoms with Crippen LogP contribution < -0.4 is 10.6 Å². The molecule has 4 nitrogen and oxygen atoms in total. The fraction of sp³-hybridized carbons (Fsp3) is 0.222. The first kappa shape index (κ1) is 20.9. The number of hydrogen-bond donors (Lipinski definition) is 3. The zero-order valence-corrected chi connectivity index (χ0v) is 18.1. The van der Waals surface area contributed by atoms with E-state index in [-0.39, 0.29) is 11.9 Å². The number of fused-ring (bicyclic) bond motifs is 1. The number of aromatic nitrogens is 1.